The number of anilines is 1. The van der Waals surface area contributed by atoms with E-state index < -0.39 is 0 Å². The Kier molecular flexibility index (Phi) is 3.75. The molecule has 0 aliphatic heterocycles. The van der Waals surface area contributed by atoms with E-state index in [1.54, 1.807) is 0 Å². The first-order chi connectivity index (χ1) is 10.2. The molecule has 0 saturated carbocycles. The molecule has 0 spiro atoms. The molecule has 1 heterocycles. The van der Waals surface area contributed by atoms with Crippen LogP contribution in [0.5, 0.6) is 5.75 Å². The number of H-pyrrole nitrogens is 1. The van der Waals surface area contributed by atoms with E-state index in [0.717, 1.165) is 38.1 Å². The molecule has 0 atom stereocenters. The average Bonchev–Trinajstić information content (AvgIpc) is 2.84. The van der Waals surface area contributed by atoms with Crippen LogP contribution in [0.15, 0.2) is 46.5 Å². The molecule has 108 valence electrons. The molecule has 4 nitrogen and oxygen atoms in total. The van der Waals surface area contributed by atoms with Crippen molar-refractivity contribution in [3.8, 4) is 5.75 Å². The Balaban J connectivity index is 1.90. The number of aromatic amines is 1. The van der Waals surface area contributed by atoms with Gasteiger partial charge in [0, 0.05) is 16.6 Å². The Bertz CT molecular complexity index is 782. The summed E-state index contributed by atoms with van der Waals surface area (Å²) in [7, 11) is 0. The molecule has 0 bridgehead atoms. The molecule has 3 aromatic rings. The van der Waals surface area contributed by atoms with Gasteiger partial charge < -0.3 is 15.5 Å². The Labute approximate surface area is 127 Å². The van der Waals surface area contributed by atoms with Crippen molar-refractivity contribution in [2.24, 2.45) is 0 Å². The van der Waals surface area contributed by atoms with E-state index in [-0.39, 0.29) is 0 Å². The zero-order valence-electron chi connectivity index (χ0n) is 12.0. The van der Waals surface area contributed by atoms with Gasteiger partial charge in [0.25, 0.3) is 0 Å². The summed E-state index contributed by atoms with van der Waals surface area (Å²) in [6, 6.07) is 11.9. The Hall–Kier alpha value is -2.14. The quantitative estimate of drug-likeness (QED) is 0.715. The van der Waals surface area contributed by atoms with Crippen molar-refractivity contribution >= 4 is 28.5 Å². The van der Waals surface area contributed by atoms with E-state index in [2.05, 4.69) is 16.0 Å². The number of nitrogens with two attached hydrogens (primary N) is 1. The van der Waals surface area contributed by atoms with Crippen LogP contribution in [-0.2, 0) is 0 Å². The van der Waals surface area contributed by atoms with Gasteiger partial charge in [0.15, 0.2) is 5.16 Å². The van der Waals surface area contributed by atoms with Crippen LogP contribution in [-0.4, -0.2) is 16.6 Å². The summed E-state index contributed by atoms with van der Waals surface area (Å²) >= 11 is 1.54. The average molecular weight is 299 g/mol. The summed E-state index contributed by atoms with van der Waals surface area (Å²) in [6.07, 6.45) is 0. The van der Waals surface area contributed by atoms with Crippen molar-refractivity contribution < 1.29 is 4.74 Å². The SMILES string of the molecule is CCOc1ccc2nc(Sc3ccc(C)cc3N)[nH]c2c1. The van der Waals surface area contributed by atoms with Gasteiger partial charge >= 0.3 is 0 Å². The van der Waals surface area contributed by atoms with Crippen molar-refractivity contribution in [2.75, 3.05) is 12.3 Å². The topological polar surface area (TPSA) is 63.9 Å². The lowest BCUT2D eigenvalue weighted by Crippen LogP contribution is -1.90. The third kappa shape index (κ3) is 2.97. The van der Waals surface area contributed by atoms with Crippen LogP contribution in [0, 0.1) is 6.92 Å². The first-order valence-corrected chi connectivity index (χ1v) is 7.64. The van der Waals surface area contributed by atoms with Crippen molar-refractivity contribution in [3.05, 3.63) is 42.0 Å². The number of ether oxygens (including phenoxy) is 1. The van der Waals surface area contributed by atoms with Gasteiger partial charge in [-0.15, -0.1) is 0 Å². The molecule has 0 radical (unpaired) electrons. The van der Waals surface area contributed by atoms with Crippen LogP contribution in [0.2, 0.25) is 0 Å². The minimum atomic E-state index is 0.654. The van der Waals surface area contributed by atoms with Gasteiger partial charge in [0.05, 0.1) is 17.6 Å². The molecule has 3 rings (SSSR count). The van der Waals surface area contributed by atoms with Gasteiger partial charge in [-0.05, 0) is 55.4 Å². The first kappa shape index (κ1) is 13.8. The molecule has 0 amide bonds. The number of nitrogen functional groups attached to an aromatic ring is 1. The lowest BCUT2D eigenvalue weighted by Gasteiger charge is -2.03. The molecule has 1 aromatic heterocycles. The highest BCUT2D eigenvalue weighted by Crippen LogP contribution is 2.32. The fourth-order valence-corrected chi connectivity index (χ4v) is 2.96. The van der Waals surface area contributed by atoms with E-state index in [1.165, 1.54) is 11.8 Å². The van der Waals surface area contributed by atoms with E-state index >= 15 is 0 Å². The predicted octanol–water partition coefficient (Wildman–Crippen LogP) is 4.00. The van der Waals surface area contributed by atoms with Crippen LogP contribution in [0.3, 0.4) is 0 Å². The van der Waals surface area contributed by atoms with Crippen molar-refractivity contribution in [3.63, 3.8) is 0 Å². The lowest BCUT2D eigenvalue weighted by molar-refractivity contribution is 0.340. The first-order valence-electron chi connectivity index (χ1n) is 6.82. The van der Waals surface area contributed by atoms with Gasteiger partial charge in [0.1, 0.15) is 5.75 Å². The van der Waals surface area contributed by atoms with Crippen LogP contribution >= 0.6 is 11.8 Å². The maximum Gasteiger partial charge on any atom is 0.171 e. The van der Waals surface area contributed by atoms with Gasteiger partial charge in [-0.2, -0.15) is 0 Å². The minimum Gasteiger partial charge on any atom is -0.494 e. The summed E-state index contributed by atoms with van der Waals surface area (Å²) in [5.74, 6) is 0.847. The molecule has 0 saturated heterocycles. The summed E-state index contributed by atoms with van der Waals surface area (Å²) < 4.78 is 5.50. The summed E-state index contributed by atoms with van der Waals surface area (Å²) in [5.41, 5.74) is 9.86. The van der Waals surface area contributed by atoms with E-state index in [1.807, 2.05) is 44.2 Å². The molecule has 3 N–H and O–H groups in total. The predicted molar refractivity (Wildman–Crippen MR) is 87.0 cm³/mol. The molecule has 0 aliphatic rings. The number of fused-ring (bicyclic) bond motifs is 1. The number of hydrogen-bond acceptors (Lipinski definition) is 4. The Morgan fingerprint density at radius 1 is 1.24 bits per heavy atom. The molecular weight excluding hydrogens is 282 g/mol. The van der Waals surface area contributed by atoms with Crippen LogP contribution in [0.4, 0.5) is 5.69 Å². The molecule has 0 unspecified atom stereocenters. The van der Waals surface area contributed by atoms with E-state index in [9.17, 15) is 0 Å². The zero-order chi connectivity index (χ0) is 14.8. The number of nitrogens with one attached hydrogen (secondary N) is 1. The second kappa shape index (κ2) is 5.69. The van der Waals surface area contributed by atoms with E-state index in [0.29, 0.717) is 6.61 Å². The van der Waals surface area contributed by atoms with Gasteiger partial charge in [-0.1, -0.05) is 6.07 Å². The van der Waals surface area contributed by atoms with Crippen LogP contribution in [0.1, 0.15) is 12.5 Å². The van der Waals surface area contributed by atoms with Crippen molar-refractivity contribution in [2.45, 2.75) is 23.9 Å². The number of hydrogen-bond donors (Lipinski definition) is 2. The highest BCUT2D eigenvalue weighted by Gasteiger charge is 2.08. The fraction of sp³-hybridized carbons (Fsp3) is 0.188. The van der Waals surface area contributed by atoms with Gasteiger partial charge in [-0.3, -0.25) is 0 Å². The molecular formula is C16H17N3OS. The number of nitrogens with zero attached hydrogens (tertiary/aromatic N) is 1. The monoisotopic (exact) mass is 299 g/mol. The standard InChI is InChI=1S/C16H17N3OS/c1-3-20-11-5-6-13-14(9-11)19-16(18-13)21-15-7-4-10(2)8-12(15)17/h4-9H,3,17H2,1-2H3,(H,18,19). The van der Waals surface area contributed by atoms with Crippen LogP contribution < -0.4 is 10.5 Å². The third-order valence-electron chi connectivity index (χ3n) is 3.11. The number of rotatable bonds is 4. The van der Waals surface area contributed by atoms with Gasteiger partial charge in [-0.25, -0.2) is 4.98 Å². The maximum atomic E-state index is 6.04. The van der Waals surface area contributed by atoms with Crippen LogP contribution in [0.25, 0.3) is 11.0 Å². The number of aromatic nitrogens is 2. The second-order valence-electron chi connectivity index (χ2n) is 4.80. The number of benzene rings is 2. The third-order valence-corrected chi connectivity index (χ3v) is 4.09. The van der Waals surface area contributed by atoms with Crippen molar-refractivity contribution in [1.82, 2.24) is 9.97 Å². The minimum absolute atomic E-state index is 0.654. The lowest BCUT2D eigenvalue weighted by atomic mass is 10.2. The normalized spacial score (nSPS) is 11.0. The Morgan fingerprint density at radius 3 is 2.86 bits per heavy atom. The van der Waals surface area contributed by atoms with E-state index in [4.69, 9.17) is 10.5 Å². The maximum absolute atomic E-state index is 6.04. The molecule has 2 aromatic carbocycles. The zero-order valence-corrected chi connectivity index (χ0v) is 12.8. The summed E-state index contributed by atoms with van der Waals surface area (Å²) in [6.45, 7) is 4.65. The van der Waals surface area contributed by atoms with Gasteiger partial charge in [0.2, 0.25) is 0 Å². The molecule has 0 aliphatic carbocycles. The fourth-order valence-electron chi connectivity index (χ4n) is 2.14. The number of imidazole rings is 1. The Morgan fingerprint density at radius 2 is 2.10 bits per heavy atom. The highest BCUT2D eigenvalue weighted by atomic mass is 32.2. The number of aryl methyl sites for hydroxylation is 1. The second-order valence-corrected chi connectivity index (χ2v) is 5.83. The highest BCUT2D eigenvalue weighted by molar-refractivity contribution is 7.99. The smallest absolute Gasteiger partial charge is 0.171 e. The summed E-state index contributed by atoms with van der Waals surface area (Å²) in [4.78, 5) is 8.87. The molecule has 21 heavy (non-hydrogen) atoms. The summed E-state index contributed by atoms with van der Waals surface area (Å²) in [5, 5.41) is 0.828. The molecule has 5 heteroatoms. The van der Waals surface area contributed by atoms with Crippen molar-refractivity contribution in [1.29, 1.82) is 0 Å². The molecule has 0 fully saturated rings. The largest absolute Gasteiger partial charge is 0.494 e.